The van der Waals surface area contributed by atoms with Crippen LogP contribution in [0, 0.1) is 0 Å². The third-order valence-electron chi connectivity index (χ3n) is 2.49. The van der Waals surface area contributed by atoms with E-state index in [0.29, 0.717) is 0 Å². The van der Waals surface area contributed by atoms with Crippen molar-refractivity contribution < 1.29 is 5.11 Å². The van der Waals surface area contributed by atoms with E-state index < -0.39 is 0 Å². The molecule has 0 spiro atoms. The van der Waals surface area contributed by atoms with Gasteiger partial charge in [0.2, 0.25) is 0 Å². The molecule has 5 nitrogen and oxygen atoms in total. The molecule has 0 saturated heterocycles. The van der Waals surface area contributed by atoms with Crippen LogP contribution < -0.4 is 5.32 Å². The highest BCUT2D eigenvalue weighted by Crippen LogP contribution is 1.99. The van der Waals surface area contributed by atoms with E-state index in [4.69, 9.17) is 5.11 Å². The SMILES string of the molecule is CNC(CO)CN(C)Cc1nccn1C. The second-order valence-corrected chi connectivity index (χ2v) is 3.82. The molecule has 2 N–H and O–H groups in total. The van der Waals surface area contributed by atoms with Gasteiger partial charge in [0.1, 0.15) is 5.82 Å². The zero-order valence-corrected chi connectivity index (χ0v) is 9.64. The Kier molecular flexibility index (Phi) is 4.74. The van der Waals surface area contributed by atoms with Crippen LogP contribution in [0.25, 0.3) is 0 Å². The van der Waals surface area contributed by atoms with E-state index >= 15 is 0 Å². The van der Waals surface area contributed by atoms with Crippen LogP contribution in [0.15, 0.2) is 12.4 Å². The molecular formula is C10H20N4O. The second kappa shape index (κ2) is 5.85. The smallest absolute Gasteiger partial charge is 0.122 e. The number of nitrogens with one attached hydrogen (secondary N) is 1. The van der Waals surface area contributed by atoms with Crippen LogP contribution in [-0.2, 0) is 13.6 Å². The van der Waals surface area contributed by atoms with E-state index in [-0.39, 0.29) is 12.6 Å². The normalized spacial score (nSPS) is 13.4. The highest BCUT2D eigenvalue weighted by Gasteiger charge is 2.10. The first-order valence-electron chi connectivity index (χ1n) is 5.10. The maximum absolute atomic E-state index is 9.05. The predicted octanol–water partition coefficient (Wildman–Crippen LogP) is -0.568. The van der Waals surface area contributed by atoms with Crippen LogP contribution in [0.5, 0.6) is 0 Å². The van der Waals surface area contributed by atoms with Gasteiger partial charge in [-0.15, -0.1) is 0 Å². The lowest BCUT2D eigenvalue weighted by molar-refractivity contribution is 0.198. The summed E-state index contributed by atoms with van der Waals surface area (Å²) < 4.78 is 2.00. The average Bonchev–Trinajstić information content (AvgIpc) is 2.61. The molecule has 5 heteroatoms. The number of hydrogen-bond donors (Lipinski definition) is 2. The van der Waals surface area contributed by atoms with Crippen LogP contribution in [0.3, 0.4) is 0 Å². The van der Waals surface area contributed by atoms with Crippen molar-refractivity contribution in [2.75, 3.05) is 27.2 Å². The molecule has 0 aliphatic carbocycles. The van der Waals surface area contributed by atoms with Crippen LogP contribution in [-0.4, -0.2) is 52.8 Å². The number of hydrogen-bond acceptors (Lipinski definition) is 4. The Morgan fingerprint density at radius 3 is 2.87 bits per heavy atom. The molecule has 0 bridgehead atoms. The van der Waals surface area contributed by atoms with Gasteiger partial charge in [-0.3, -0.25) is 4.90 Å². The summed E-state index contributed by atoms with van der Waals surface area (Å²) in [4.78, 5) is 6.39. The lowest BCUT2D eigenvalue weighted by atomic mass is 10.3. The lowest BCUT2D eigenvalue weighted by Crippen LogP contribution is -2.40. The van der Waals surface area contributed by atoms with Gasteiger partial charge < -0.3 is 15.0 Å². The minimum absolute atomic E-state index is 0.121. The Labute approximate surface area is 90.7 Å². The first-order chi connectivity index (χ1) is 7.17. The zero-order valence-electron chi connectivity index (χ0n) is 9.64. The van der Waals surface area contributed by atoms with E-state index in [0.717, 1.165) is 18.9 Å². The standard InChI is InChI=1S/C10H20N4O/c1-11-9(8-15)6-13(2)7-10-12-4-5-14(10)3/h4-5,9,11,15H,6-8H2,1-3H3. The number of rotatable bonds is 6. The van der Waals surface area contributed by atoms with Gasteiger partial charge in [-0.2, -0.15) is 0 Å². The molecule has 1 unspecified atom stereocenters. The minimum Gasteiger partial charge on any atom is -0.395 e. The molecule has 0 radical (unpaired) electrons. The molecule has 1 aromatic heterocycles. The average molecular weight is 212 g/mol. The van der Waals surface area contributed by atoms with E-state index in [1.165, 1.54) is 0 Å². The molecule has 1 atom stereocenters. The third-order valence-corrected chi connectivity index (χ3v) is 2.49. The van der Waals surface area contributed by atoms with E-state index in [2.05, 4.69) is 15.2 Å². The van der Waals surface area contributed by atoms with Crippen molar-refractivity contribution in [2.45, 2.75) is 12.6 Å². The molecule has 86 valence electrons. The van der Waals surface area contributed by atoms with Crippen LogP contribution in [0.2, 0.25) is 0 Å². The number of aromatic nitrogens is 2. The Balaban J connectivity index is 2.42. The van der Waals surface area contributed by atoms with Crippen molar-refractivity contribution in [2.24, 2.45) is 7.05 Å². The minimum atomic E-state index is 0.121. The lowest BCUT2D eigenvalue weighted by Gasteiger charge is -2.21. The van der Waals surface area contributed by atoms with Crippen molar-refractivity contribution in [3.05, 3.63) is 18.2 Å². The number of likely N-dealkylation sites (N-methyl/N-ethyl adjacent to an activating group) is 2. The number of aliphatic hydroxyl groups is 1. The van der Waals surface area contributed by atoms with E-state index in [9.17, 15) is 0 Å². The van der Waals surface area contributed by atoms with Crippen molar-refractivity contribution >= 4 is 0 Å². The summed E-state index contributed by atoms with van der Waals surface area (Å²) in [5.41, 5.74) is 0. The topological polar surface area (TPSA) is 53.3 Å². The van der Waals surface area contributed by atoms with Gasteiger partial charge in [0.25, 0.3) is 0 Å². The number of nitrogens with zero attached hydrogens (tertiary/aromatic N) is 3. The number of aliphatic hydroxyl groups excluding tert-OH is 1. The summed E-state index contributed by atoms with van der Waals surface area (Å²) in [6.45, 7) is 1.75. The van der Waals surface area contributed by atoms with Gasteiger partial charge in [-0.1, -0.05) is 0 Å². The summed E-state index contributed by atoms with van der Waals surface area (Å²) in [5, 5.41) is 12.1. The Morgan fingerprint density at radius 2 is 2.40 bits per heavy atom. The quantitative estimate of drug-likeness (QED) is 0.663. The molecule has 0 aliphatic heterocycles. The highest BCUT2D eigenvalue weighted by atomic mass is 16.3. The summed E-state index contributed by atoms with van der Waals surface area (Å²) in [6, 6.07) is 0.121. The molecule has 1 rings (SSSR count). The summed E-state index contributed by atoms with van der Waals surface area (Å²) in [5.74, 6) is 1.03. The molecule has 0 amide bonds. The summed E-state index contributed by atoms with van der Waals surface area (Å²) in [6.07, 6.45) is 3.73. The maximum Gasteiger partial charge on any atom is 0.122 e. The molecule has 1 aromatic rings. The first kappa shape index (κ1) is 12.2. The number of aryl methyl sites for hydroxylation is 1. The van der Waals surface area contributed by atoms with Crippen LogP contribution in [0.1, 0.15) is 5.82 Å². The molecule has 0 fully saturated rings. The Morgan fingerprint density at radius 1 is 1.67 bits per heavy atom. The van der Waals surface area contributed by atoms with Gasteiger partial charge >= 0.3 is 0 Å². The highest BCUT2D eigenvalue weighted by molar-refractivity contribution is 4.90. The fourth-order valence-corrected chi connectivity index (χ4v) is 1.47. The molecule has 0 aliphatic rings. The van der Waals surface area contributed by atoms with Gasteiger partial charge in [0, 0.05) is 32.0 Å². The van der Waals surface area contributed by atoms with Gasteiger partial charge in [-0.05, 0) is 14.1 Å². The number of imidazole rings is 1. The molecule has 1 heterocycles. The van der Waals surface area contributed by atoms with Gasteiger partial charge in [-0.25, -0.2) is 4.98 Å². The molecule has 0 aromatic carbocycles. The summed E-state index contributed by atoms with van der Waals surface area (Å²) >= 11 is 0. The monoisotopic (exact) mass is 212 g/mol. The first-order valence-corrected chi connectivity index (χ1v) is 5.10. The van der Waals surface area contributed by atoms with Crippen molar-refractivity contribution in [1.29, 1.82) is 0 Å². The molecular weight excluding hydrogens is 192 g/mol. The van der Waals surface area contributed by atoms with Gasteiger partial charge in [0.15, 0.2) is 0 Å². The zero-order chi connectivity index (χ0) is 11.3. The van der Waals surface area contributed by atoms with Crippen molar-refractivity contribution in [1.82, 2.24) is 19.8 Å². The molecule has 0 saturated carbocycles. The Hall–Kier alpha value is -0.910. The van der Waals surface area contributed by atoms with Gasteiger partial charge in [0.05, 0.1) is 13.2 Å². The summed E-state index contributed by atoms with van der Waals surface area (Å²) in [7, 11) is 5.86. The van der Waals surface area contributed by atoms with Crippen LogP contribution >= 0.6 is 0 Å². The predicted molar refractivity (Wildman–Crippen MR) is 59.5 cm³/mol. The van der Waals surface area contributed by atoms with Crippen LogP contribution in [0.4, 0.5) is 0 Å². The second-order valence-electron chi connectivity index (χ2n) is 3.82. The van der Waals surface area contributed by atoms with E-state index in [1.807, 2.05) is 31.9 Å². The van der Waals surface area contributed by atoms with Crippen molar-refractivity contribution in [3.63, 3.8) is 0 Å². The largest absolute Gasteiger partial charge is 0.395 e. The van der Waals surface area contributed by atoms with Crippen molar-refractivity contribution in [3.8, 4) is 0 Å². The third kappa shape index (κ3) is 3.62. The molecule has 15 heavy (non-hydrogen) atoms. The fourth-order valence-electron chi connectivity index (χ4n) is 1.47. The maximum atomic E-state index is 9.05. The van der Waals surface area contributed by atoms with E-state index in [1.54, 1.807) is 6.20 Å². The fraction of sp³-hybridized carbons (Fsp3) is 0.700. The Bertz CT molecular complexity index is 283.